The summed E-state index contributed by atoms with van der Waals surface area (Å²) in [5, 5.41) is 7.89. The number of anilines is 1. The van der Waals surface area contributed by atoms with Crippen LogP contribution in [0.4, 0.5) is 10.5 Å². The van der Waals surface area contributed by atoms with Crippen LogP contribution in [0, 0.1) is 0 Å². The van der Waals surface area contributed by atoms with E-state index in [4.69, 9.17) is 4.42 Å². The minimum absolute atomic E-state index is 0.0534. The number of oxazole rings is 1. The first-order valence-electron chi connectivity index (χ1n) is 7.87. The molecule has 0 radical (unpaired) electrons. The molecule has 2 aromatic rings. The van der Waals surface area contributed by atoms with Gasteiger partial charge in [-0.3, -0.25) is 4.79 Å². The number of amides is 3. The van der Waals surface area contributed by atoms with Crippen LogP contribution in [-0.2, 0) is 4.79 Å². The molecule has 23 heavy (non-hydrogen) atoms. The first kappa shape index (κ1) is 15.3. The van der Waals surface area contributed by atoms with Gasteiger partial charge >= 0.3 is 6.03 Å². The van der Waals surface area contributed by atoms with Gasteiger partial charge in [-0.2, -0.15) is 0 Å². The van der Waals surface area contributed by atoms with Gasteiger partial charge < -0.3 is 20.4 Å². The fourth-order valence-electron chi connectivity index (χ4n) is 2.19. The highest BCUT2D eigenvalue weighted by molar-refractivity contribution is 5.93. The van der Waals surface area contributed by atoms with Gasteiger partial charge in [-0.05, 0) is 31.4 Å². The quantitative estimate of drug-likeness (QED) is 0.762. The molecule has 0 saturated heterocycles. The number of fused-ring (bicyclic) bond motifs is 1. The Morgan fingerprint density at radius 2 is 2.13 bits per heavy atom. The van der Waals surface area contributed by atoms with E-state index in [0.717, 1.165) is 30.7 Å². The largest absolute Gasteiger partial charge is 0.440 e. The molecular formula is C16H20N4O3. The second kappa shape index (κ2) is 6.68. The number of carbonyl (C=O) groups is 2. The van der Waals surface area contributed by atoms with Gasteiger partial charge in [-0.25, -0.2) is 9.78 Å². The van der Waals surface area contributed by atoms with E-state index in [0.29, 0.717) is 23.7 Å². The molecule has 7 nitrogen and oxygen atoms in total. The summed E-state index contributed by atoms with van der Waals surface area (Å²) < 4.78 is 5.71. The summed E-state index contributed by atoms with van der Waals surface area (Å²) in [5.41, 5.74) is 2.05. The molecule has 0 unspecified atom stereocenters. The van der Waals surface area contributed by atoms with Crippen LogP contribution < -0.4 is 16.0 Å². The SMILES string of the molecule is CCCNC(=O)CNC(=O)Nc1ccc2nc(C3CC3)oc2c1. The molecule has 122 valence electrons. The third kappa shape index (κ3) is 4.00. The lowest BCUT2D eigenvalue weighted by Gasteiger charge is -2.07. The second-order valence-corrected chi connectivity index (χ2v) is 5.67. The fraction of sp³-hybridized carbons (Fsp3) is 0.438. The predicted molar refractivity (Wildman–Crippen MR) is 86.3 cm³/mol. The Hall–Kier alpha value is -2.57. The maximum Gasteiger partial charge on any atom is 0.319 e. The summed E-state index contributed by atoms with van der Waals surface area (Å²) in [7, 11) is 0. The number of hydrogen-bond acceptors (Lipinski definition) is 4. The molecule has 1 aliphatic carbocycles. The van der Waals surface area contributed by atoms with Crippen LogP contribution in [0.3, 0.4) is 0 Å². The number of nitrogens with zero attached hydrogens (tertiary/aromatic N) is 1. The zero-order valence-electron chi connectivity index (χ0n) is 13.0. The van der Waals surface area contributed by atoms with Crippen LogP contribution in [-0.4, -0.2) is 30.0 Å². The van der Waals surface area contributed by atoms with E-state index in [1.807, 2.05) is 13.0 Å². The first-order chi connectivity index (χ1) is 11.2. The van der Waals surface area contributed by atoms with E-state index in [1.165, 1.54) is 0 Å². The molecule has 1 aromatic heterocycles. The third-order valence-corrected chi connectivity index (χ3v) is 3.57. The summed E-state index contributed by atoms with van der Waals surface area (Å²) in [5.74, 6) is 1.01. The smallest absolute Gasteiger partial charge is 0.319 e. The Bertz CT molecular complexity index is 721. The van der Waals surface area contributed by atoms with Gasteiger partial charge in [0.1, 0.15) is 5.52 Å². The zero-order chi connectivity index (χ0) is 16.2. The Morgan fingerprint density at radius 3 is 2.87 bits per heavy atom. The van der Waals surface area contributed by atoms with Crippen molar-refractivity contribution in [3.05, 3.63) is 24.1 Å². The summed E-state index contributed by atoms with van der Waals surface area (Å²) >= 11 is 0. The van der Waals surface area contributed by atoms with Crippen molar-refractivity contribution in [1.29, 1.82) is 0 Å². The van der Waals surface area contributed by atoms with Crippen molar-refractivity contribution in [1.82, 2.24) is 15.6 Å². The molecule has 1 heterocycles. The highest BCUT2D eigenvalue weighted by Crippen LogP contribution is 2.40. The second-order valence-electron chi connectivity index (χ2n) is 5.67. The van der Waals surface area contributed by atoms with Crippen molar-refractivity contribution in [3.63, 3.8) is 0 Å². The molecule has 1 aromatic carbocycles. The van der Waals surface area contributed by atoms with E-state index in [-0.39, 0.29) is 12.5 Å². The Balaban J connectivity index is 1.55. The molecule has 7 heteroatoms. The average Bonchev–Trinajstić information content (AvgIpc) is 3.30. The summed E-state index contributed by atoms with van der Waals surface area (Å²) in [6, 6.07) is 4.88. The molecule has 1 saturated carbocycles. The van der Waals surface area contributed by atoms with Crippen LogP contribution in [0.5, 0.6) is 0 Å². The van der Waals surface area contributed by atoms with Crippen molar-refractivity contribution >= 4 is 28.7 Å². The van der Waals surface area contributed by atoms with Crippen molar-refractivity contribution in [2.75, 3.05) is 18.4 Å². The zero-order valence-corrected chi connectivity index (χ0v) is 13.0. The van der Waals surface area contributed by atoms with E-state index in [9.17, 15) is 9.59 Å². The minimum Gasteiger partial charge on any atom is -0.440 e. The molecule has 1 fully saturated rings. The number of hydrogen-bond donors (Lipinski definition) is 3. The molecule has 0 atom stereocenters. The van der Waals surface area contributed by atoms with Crippen LogP contribution in [0.25, 0.3) is 11.1 Å². The Morgan fingerprint density at radius 1 is 1.30 bits per heavy atom. The molecule has 3 amide bonds. The molecule has 1 aliphatic rings. The standard InChI is InChI=1S/C16H20N4O3/c1-2-7-17-14(21)9-18-16(22)19-11-5-6-12-13(8-11)23-15(20-12)10-3-4-10/h5-6,8,10H,2-4,7,9H2,1H3,(H,17,21)(H2,18,19,22). The van der Waals surface area contributed by atoms with Gasteiger partial charge in [0.25, 0.3) is 0 Å². The van der Waals surface area contributed by atoms with Crippen LogP contribution in [0.1, 0.15) is 38.0 Å². The van der Waals surface area contributed by atoms with Gasteiger partial charge in [0.05, 0.1) is 6.54 Å². The van der Waals surface area contributed by atoms with E-state index < -0.39 is 6.03 Å². The third-order valence-electron chi connectivity index (χ3n) is 3.57. The minimum atomic E-state index is -0.432. The number of aromatic nitrogens is 1. The van der Waals surface area contributed by atoms with Crippen molar-refractivity contribution < 1.29 is 14.0 Å². The maximum atomic E-state index is 11.8. The fourth-order valence-corrected chi connectivity index (χ4v) is 2.19. The lowest BCUT2D eigenvalue weighted by atomic mass is 10.3. The predicted octanol–water partition coefficient (Wildman–Crippen LogP) is 2.35. The van der Waals surface area contributed by atoms with Crippen LogP contribution >= 0.6 is 0 Å². The number of rotatable bonds is 6. The highest BCUT2D eigenvalue weighted by atomic mass is 16.3. The Kier molecular flexibility index (Phi) is 4.45. The summed E-state index contributed by atoms with van der Waals surface area (Å²) in [4.78, 5) is 27.7. The molecule has 0 bridgehead atoms. The van der Waals surface area contributed by atoms with E-state index in [2.05, 4.69) is 20.9 Å². The van der Waals surface area contributed by atoms with Crippen LogP contribution in [0.2, 0.25) is 0 Å². The van der Waals surface area contributed by atoms with E-state index >= 15 is 0 Å². The molecule has 3 N–H and O–H groups in total. The van der Waals surface area contributed by atoms with Crippen LogP contribution in [0.15, 0.2) is 22.6 Å². The molecule has 3 rings (SSSR count). The van der Waals surface area contributed by atoms with Gasteiger partial charge in [0.2, 0.25) is 5.91 Å². The van der Waals surface area contributed by atoms with Gasteiger partial charge in [-0.15, -0.1) is 0 Å². The summed E-state index contributed by atoms with van der Waals surface area (Å²) in [6.07, 6.45) is 3.11. The number of benzene rings is 1. The topological polar surface area (TPSA) is 96.3 Å². The first-order valence-corrected chi connectivity index (χ1v) is 7.87. The van der Waals surface area contributed by atoms with Crippen molar-refractivity contribution in [2.24, 2.45) is 0 Å². The lowest BCUT2D eigenvalue weighted by Crippen LogP contribution is -2.39. The monoisotopic (exact) mass is 316 g/mol. The molecular weight excluding hydrogens is 296 g/mol. The van der Waals surface area contributed by atoms with Gasteiger partial charge in [-0.1, -0.05) is 6.92 Å². The number of nitrogens with one attached hydrogen (secondary N) is 3. The summed E-state index contributed by atoms with van der Waals surface area (Å²) in [6.45, 7) is 2.52. The highest BCUT2D eigenvalue weighted by Gasteiger charge is 2.28. The van der Waals surface area contributed by atoms with Gasteiger partial charge in [0.15, 0.2) is 11.5 Å². The maximum absolute atomic E-state index is 11.8. The molecule has 0 spiro atoms. The van der Waals surface area contributed by atoms with Gasteiger partial charge in [0, 0.05) is 24.2 Å². The lowest BCUT2D eigenvalue weighted by molar-refractivity contribution is -0.120. The van der Waals surface area contributed by atoms with Crippen molar-refractivity contribution in [2.45, 2.75) is 32.1 Å². The Labute approximate surface area is 133 Å². The van der Waals surface area contributed by atoms with E-state index in [1.54, 1.807) is 12.1 Å². The molecule has 0 aliphatic heterocycles. The number of urea groups is 1. The number of carbonyl (C=O) groups excluding carboxylic acids is 2. The average molecular weight is 316 g/mol. The normalized spacial score (nSPS) is 13.8. The van der Waals surface area contributed by atoms with Crippen molar-refractivity contribution in [3.8, 4) is 0 Å².